The molecule has 13 heavy (non-hydrogen) atoms. The van der Waals surface area contributed by atoms with Gasteiger partial charge in [-0.2, -0.15) is 13.2 Å². The number of benzene rings is 1. The summed E-state index contributed by atoms with van der Waals surface area (Å²) >= 11 is 0. The highest BCUT2D eigenvalue weighted by Gasteiger charge is 2.39. The molecule has 0 fully saturated rings. The van der Waals surface area contributed by atoms with Crippen molar-refractivity contribution in [3.8, 4) is 0 Å². The van der Waals surface area contributed by atoms with E-state index in [1.807, 2.05) is 0 Å². The molecule has 1 aromatic carbocycles. The number of hydrogen-bond acceptors (Lipinski definition) is 1. The first-order valence-corrected chi connectivity index (χ1v) is 3.84. The van der Waals surface area contributed by atoms with Gasteiger partial charge in [0, 0.05) is 0 Å². The molecule has 72 valence electrons. The molecular weight excluding hydrogens is 179 g/mol. The van der Waals surface area contributed by atoms with E-state index in [0.29, 0.717) is 0 Å². The van der Waals surface area contributed by atoms with Gasteiger partial charge in [-0.25, -0.2) is 0 Å². The summed E-state index contributed by atoms with van der Waals surface area (Å²) in [5, 5.41) is 2.23. The molecule has 0 heterocycles. The predicted molar refractivity (Wildman–Crippen MR) is 44.3 cm³/mol. The lowest BCUT2D eigenvalue weighted by Gasteiger charge is -2.19. The van der Waals surface area contributed by atoms with Gasteiger partial charge in [0.1, 0.15) is 6.04 Å². The number of nitrogens with one attached hydrogen (secondary N) is 1. The Balaban J connectivity index is 2.92. The minimum Gasteiger partial charge on any atom is -0.306 e. The molecule has 0 saturated carbocycles. The Kier molecular flexibility index (Phi) is 2.93. The van der Waals surface area contributed by atoms with Crippen LogP contribution in [0.15, 0.2) is 30.3 Å². The fraction of sp³-hybridized carbons (Fsp3) is 0.333. The molecule has 1 nitrogen and oxygen atoms in total. The monoisotopic (exact) mass is 189 g/mol. The first kappa shape index (κ1) is 10.1. The molecule has 1 atom stereocenters. The summed E-state index contributed by atoms with van der Waals surface area (Å²) in [6.07, 6.45) is -4.24. The summed E-state index contributed by atoms with van der Waals surface area (Å²) in [7, 11) is 1.30. The maximum absolute atomic E-state index is 12.3. The van der Waals surface area contributed by atoms with Gasteiger partial charge in [0.15, 0.2) is 0 Å². The van der Waals surface area contributed by atoms with E-state index in [0.717, 1.165) is 0 Å². The van der Waals surface area contributed by atoms with E-state index >= 15 is 0 Å². The summed E-state index contributed by atoms with van der Waals surface area (Å²) in [4.78, 5) is 0. The fourth-order valence-corrected chi connectivity index (χ4v) is 1.16. The first-order valence-electron chi connectivity index (χ1n) is 3.84. The fourth-order valence-electron chi connectivity index (χ4n) is 1.16. The third kappa shape index (κ3) is 2.45. The highest BCUT2D eigenvalue weighted by molar-refractivity contribution is 5.20. The third-order valence-electron chi connectivity index (χ3n) is 1.75. The Morgan fingerprint density at radius 2 is 1.69 bits per heavy atom. The lowest BCUT2D eigenvalue weighted by Crippen LogP contribution is -2.31. The van der Waals surface area contributed by atoms with E-state index in [2.05, 4.69) is 5.32 Å². The number of rotatable bonds is 2. The van der Waals surface area contributed by atoms with E-state index in [1.165, 1.54) is 19.2 Å². The van der Waals surface area contributed by atoms with Gasteiger partial charge in [0.2, 0.25) is 0 Å². The van der Waals surface area contributed by atoms with Gasteiger partial charge in [-0.15, -0.1) is 0 Å². The molecule has 4 heteroatoms. The van der Waals surface area contributed by atoms with Crippen LogP contribution >= 0.6 is 0 Å². The Bertz CT molecular complexity index is 255. The van der Waals surface area contributed by atoms with E-state index in [4.69, 9.17) is 0 Å². The molecule has 0 saturated heterocycles. The highest BCUT2D eigenvalue weighted by atomic mass is 19.4. The average Bonchev–Trinajstić information content (AvgIpc) is 2.05. The van der Waals surface area contributed by atoms with Crippen LogP contribution < -0.4 is 5.32 Å². The van der Waals surface area contributed by atoms with Crippen LogP contribution in [0.1, 0.15) is 11.6 Å². The SMILES string of the molecule is CN[C@H](c1ccccc1)C(F)(F)F. The highest BCUT2D eigenvalue weighted by Crippen LogP contribution is 2.31. The number of alkyl halides is 3. The Morgan fingerprint density at radius 3 is 2.08 bits per heavy atom. The van der Waals surface area contributed by atoms with Gasteiger partial charge in [-0.05, 0) is 12.6 Å². The lowest BCUT2D eigenvalue weighted by molar-refractivity contribution is -0.156. The van der Waals surface area contributed by atoms with E-state index in [9.17, 15) is 13.2 Å². The van der Waals surface area contributed by atoms with Gasteiger partial charge in [0.05, 0.1) is 0 Å². The lowest BCUT2D eigenvalue weighted by atomic mass is 10.1. The van der Waals surface area contributed by atoms with Gasteiger partial charge >= 0.3 is 6.18 Å². The minimum absolute atomic E-state index is 0.234. The predicted octanol–water partition coefficient (Wildman–Crippen LogP) is 2.51. The van der Waals surface area contributed by atoms with Crippen LogP contribution in [0, 0.1) is 0 Å². The van der Waals surface area contributed by atoms with E-state index in [-0.39, 0.29) is 5.56 Å². The van der Waals surface area contributed by atoms with Crippen molar-refractivity contribution in [1.82, 2.24) is 5.32 Å². The molecule has 0 aliphatic heterocycles. The third-order valence-corrected chi connectivity index (χ3v) is 1.75. The molecule has 1 aromatic rings. The van der Waals surface area contributed by atoms with Crippen LogP contribution in [0.2, 0.25) is 0 Å². The van der Waals surface area contributed by atoms with Crippen LogP contribution in [-0.4, -0.2) is 13.2 Å². The molecular formula is C9H10F3N. The minimum atomic E-state index is -4.24. The number of halogens is 3. The zero-order valence-electron chi connectivity index (χ0n) is 7.10. The van der Waals surface area contributed by atoms with Crippen molar-refractivity contribution < 1.29 is 13.2 Å². The van der Waals surface area contributed by atoms with E-state index < -0.39 is 12.2 Å². The summed E-state index contributed by atoms with van der Waals surface area (Å²) in [5.74, 6) is 0. The summed E-state index contributed by atoms with van der Waals surface area (Å²) < 4.78 is 37.0. The van der Waals surface area contributed by atoms with Crippen LogP contribution in [0.5, 0.6) is 0 Å². The van der Waals surface area contributed by atoms with Crippen molar-refractivity contribution in [2.24, 2.45) is 0 Å². The van der Waals surface area contributed by atoms with Crippen molar-refractivity contribution in [3.05, 3.63) is 35.9 Å². The molecule has 0 unspecified atom stereocenters. The quantitative estimate of drug-likeness (QED) is 0.753. The molecule has 0 radical (unpaired) electrons. The van der Waals surface area contributed by atoms with Crippen LogP contribution in [0.25, 0.3) is 0 Å². The zero-order valence-corrected chi connectivity index (χ0v) is 7.10. The van der Waals surface area contributed by atoms with Crippen LogP contribution in [0.4, 0.5) is 13.2 Å². The molecule has 1 rings (SSSR count). The van der Waals surface area contributed by atoms with Gasteiger partial charge in [0.25, 0.3) is 0 Å². The Hall–Kier alpha value is -1.03. The Labute approximate surface area is 74.6 Å². The van der Waals surface area contributed by atoms with Crippen molar-refractivity contribution in [2.45, 2.75) is 12.2 Å². The van der Waals surface area contributed by atoms with Crippen LogP contribution in [-0.2, 0) is 0 Å². The molecule has 0 aliphatic carbocycles. The smallest absolute Gasteiger partial charge is 0.306 e. The maximum atomic E-state index is 12.3. The van der Waals surface area contributed by atoms with E-state index in [1.54, 1.807) is 18.2 Å². The van der Waals surface area contributed by atoms with Crippen molar-refractivity contribution >= 4 is 0 Å². The largest absolute Gasteiger partial charge is 0.407 e. The molecule has 0 aromatic heterocycles. The van der Waals surface area contributed by atoms with Crippen molar-refractivity contribution in [2.75, 3.05) is 7.05 Å². The van der Waals surface area contributed by atoms with Gasteiger partial charge < -0.3 is 5.32 Å². The summed E-state index contributed by atoms with van der Waals surface area (Å²) in [6, 6.07) is 6.20. The Morgan fingerprint density at radius 1 is 1.15 bits per heavy atom. The molecule has 1 N–H and O–H groups in total. The second-order valence-electron chi connectivity index (χ2n) is 2.67. The molecule has 0 amide bonds. The normalized spacial score (nSPS) is 14.2. The standard InChI is InChI=1S/C9H10F3N/c1-13-8(9(10,11)12)7-5-3-2-4-6-7/h2-6,8,13H,1H3/t8-/m1/s1. The van der Waals surface area contributed by atoms with Gasteiger partial charge in [-0.3, -0.25) is 0 Å². The second kappa shape index (κ2) is 3.79. The van der Waals surface area contributed by atoms with Crippen LogP contribution in [0.3, 0.4) is 0 Å². The summed E-state index contributed by atoms with van der Waals surface area (Å²) in [5.41, 5.74) is 0.234. The zero-order chi connectivity index (χ0) is 9.90. The van der Waals surface area contributed by atoms with Crippen molar-refractivity contribution in [1.29, 1.82) is 0 Å². The van der Waals surface area contributed by atoms with Gasteiger partial charge in [-0.1, -0.05) is 30.3 Å². The van der Waals surface area contributed by atoms with Crippen molar-refractivity contribution in [3.63, 3.8) is 0 Å². The summed E-state index contributed by atoms with van der Waals surface area (Å²) in [6.45, 7) is 0. The maximum Gasteiger partial charge on any atom is 0.407 e. The molecule has 0 aliphatic rings. The number of hydrogen-bond donors (Lipinski definition) is 1. The molecule has 0 spiro atoms. The topological polar surface area (TPSA) is 12.0 Å². The first-order chi connectivity index (χ1) is 6.05. The average molecular weight is 189 g/mol. The second-order valence-corrected chi connectivity index (χ2v) is 2.67. The molecule has 0 bridgehead atoms.